The number of aromatic amines is 1. The summed E-state index contributed by atoms with van der Waals surface area (Å²) in [5, 5.41) is 23.9. The lowest BCUT2D eigenvalue weighted by atomic mass is 9.72. The molecule has 1 aromatic carbocycles. The molecule has 2 heterocycles. The molecule has 0 saturated heterocycles. The molecule has 5 rings (SSSR count). The molecular weight excluding hydrogens is 512 g/mol. The Labute approximate surface area is 211 Å². The molecule has 0 radical (unpaired) electrons. The van der Waals surface area contributed by atoms with Crippen molar-refractivity contribution in [3.63, 3.8) is 0 Å². The molecule has 0 unspecified atom stereocenters. The van der Waals surface area contributed by atoms with Crippen molar-refractivity contribution < 1.29 is 14.3 Å². The van der Waals surface area contributed by atoms with Gasteiger partial charge >= 0.3 is 6.09 Å². The first-order chi connectivity index (χ1) is 16.9. The van der Waals surface area contributed by atoms with Crippen LogP contribution in [0.4, 0.5) is 4.79 Å². The number of halogens is 1. The van der Waals surface area contributed by atoms with E-state index in [1.165, 1.54) is 0 Å². The molecule has 3 aliphatic rings. The van der Waals surface area contributed by atoms with Crippen LogP contribution in [0.1, 0.15) is 85.1 Å². The zero-order chi connectivity index (χ0) is 24.6. The van der Waals surface area contributed by atoms with Gasteiger partial charge in [-0.3, -0.25) is 9.89 Å². The maximum absolute atomic E-state index is 12.6. The van der Waals surface area contributed by atoms with Crippen molar-refractivity contribution in [1.29, 1.82) is 5.26 Å². The van der Waals surface area contributed by atoms with Crippen LogP contribution in [0, 0.1) is 17.2 Å². The number of carbonyl (C=O) groups excluding carboxylic acids is 2. The Balaban J connectivity index is 1.23. The minimum absolute atomic E-state index is 0.00668. The number of benzene rings is 1. The minimum atomic E-state index is -0.837. The second-order valence-electron chi connectivity index (χ2n) is 9.80. The lowest BCUT2D eigenvalue weighted by Crippen LogP contribution is -2.52. The quantitative estimate of drug-likeness (QED) is 0.497. The summed E-state index contributed by atoms with van der Waals surface area (Å²) in [4.78, 5) is 24.7. The highest BCUT2D eigenvalue weighted by molar-refractivity contribution is 9.10. The first-order valence-electron chi connectivity index (χ1n) is 12.0. The third kappa shape index (κ3) is 4.96. The Hall–Kier alpha value is -3.19. The van der Waals surface area contributed by atoms with Crippen LogP contribution in [0.2, 0.25) is 0 Å². The molecule has 1 aliphatic heterocycles. The fraction of sp³-hybridized carbons (Fsp3) is 0.480. The van der Waals surface area contributed by atoms with Crippen LogP contribution in [0.15, 0.2) is 33.8 Å². The number of hydrazone groups is 1. The van der Waals surface area contributed by atoms with E-state index in [4.69, 9.17) is 4.74 Å². The van der Waals surface area contributed by atoms with Crippen LogP contribution in [0.5, 0.6) is 0 Å². The van der Waals surface area contributed by atoms with Crippen LogP contribution in [-0.4, -0.2) is 39.6 Å². The predicted molar refractivity (Wildman–Crippen MR) is 132 cm³/mol. The number of rotatable bonds is 6. The molecule has 1 atom stereocenters. The molecule has 35 heavy (non-hydrogen) atoms. The van der Waals surface area contributed by atoms with Gasteiger partial charge in [-0.05, 0) is 82.1 Å². The summed E-state index contributed by atoms with van der Waals surface area (Å²) in [6, 6.07) is 9.30. The maximum Gasteiger partial charge on any atom is 0.428 e. The van der Waals surface area contributed by atoms with Gasteiger partial charge in [0.25, 0.3) is 5.91 Å². The van der Waals surface area contributed by atoms with E-state index in [1.807, 2.05) is 19.1 Å². The number of nitrogens with zero attached hydrogens (tertiary/aromatic N) is 3. The highest BCUT2D eigenvalue weighted by Crippen LogP contribution is 2.42. The van der Waals surface area contributed by atoms with Crippen molar-refractivity contribution in [2.45, 2.75) is 69.4 Å². The molecule has 2 aromatic rings. The van der Waals surface area contributed by atoms with Crippen LogP contribution in [0.25, 0.3) is 0 Å². The van der Waals surface area contributed by atoms with E-state index in [2.05, 4.69) is 48.0 Å². The van der Waals surface area contributed by atoms with Crippen molar-refractivity contribution in [2.24, 2.45) is 11.0 Å². The molecule has 1 aromatic heterocycles. The van der Waals surface area contributed by atoms with E-state index >= 15 is 0 Å². The summed E-state index contributed by atoms with van der Waals surface area (Å²) in [5.41, 5.74) is 4.96. The van der Waals surface area contributed by atoms with E-state index in [0.29, 0.717) is 41.6 Å². The highest BCUT2D eigenvalue weighted by Gasteiger charge is 2.47. The lowest BCUT2D eigenvalue weighted by Gasteiger charge is -2.42. The summed E-state index contributed by atoms with van der Waals surface area (Å²) in [6.45, 7) is 2.01. The fourth-order valence-electron chi connectivity index (χ4n) is 5.17. The number of amides is 2. The average Bonchev–Trinajstić information content (AvgIpc) is 3.57. The number of carbonyl (C=O) groups is 2. The van der Waals surface area contributed by atoms with Crippen molar-refractivity contribution >= 4 is 33.6 Å². The topological polar surface area (TPSA) is 132 Å². The van der Waals surface area contributed by atoms with E-state index in [9.17, 15) is 14.9 Å². The van der Waals surface area contributed by atoms with Crippen LogP contribution in [0.3, 0.4) is 0 Å². The molecule has 9 nitrogen and oxygen atoms in total. The van der Waals surface area contributed by atoms with Gasteiger partial charge in [0.15, 0.2) is 5.60 Å². The summed E-state index contributed by atoms with van der Waals surface area (Å²) in [7, 11) is 0. The Morgan fingerprint density at radius 1 is 1.31 bits per heavy atom. The normalized spacial score (nSPS) is 24.7. The van der Waals surface area contributed by atoms with E-state index < -0.39 is 11.7 Å². The third-order valence-corrected chi connectivity index (χ3v) is 7.85. The first-order valence-corrected chi connectivity index (χ1v) is 12.8. The van der Waals surface area contributed by atoms with Crippen LogP contribution in [-0.2, 0) is 4.74 Å². The molecule has 2 saturated carbocycles. The van der Waals surface area contributed by atoms with Crippen LogP contribution < -0.4 is 10.7 Å². The summed E-state index contributed by atoms with van der Waals surface area (Å²) in [5.74, 6) is 0.745. The van der Waals surface area contributed by atoms with Gasteiger partial charge < -0.3 is 10.1 Å². The second-order valence-corrected chi connectivity index (χ2v) is 10.7. The van der Waals surface area contributed by atoms with Gasteiger partial charge in [0.05, 0.1) is 11.6 Å². The van der Waals surface area contributed by atoms with Crippen molar-refractivity contribution in [2.75, 3.05) is 0 Å². The SMILES string of the molecule is C[C@@H](CC1CCC2(CC1)OC(=O)NN=C2c1cc(C#N)ccc1Br)NC(=O)c1cc(C2CC2)[nH]n1. The van der Waals surface area contributed by atoms with Crippen LogP contribution >= 0.6 is 15.9 Å². The van der Waals surface area contributed by atoms with Gasteiger partial charge in [-0.1, -0.05) is 15.9 Å². The fourth-order valence-corrected chi connectivity index (χ4v) is 5.60. The number of hydrogen-bond donors (Lipinski definition) is 3. The molecule has 0 bridgehead atoms. The van der Waals surface area contributed by atoms with E-state index in [-0.39, 0.29) is 11.9 Å². The number of ether oxygens (including phenoxy) is 1. The smallest absolute Gasteiger partial charge is 0.428 e. The Bertz CT molecular complexity index is 1220. The molecule has 182 valence electrons. The van der Waals surface area contributed by atoms with Crippen molar-refractivity contribution in [3.8, 4) is 6.07 Å². The third-order valence-electron chi connectivity index (χ3n) is 7.15. The summed E-state index contributed by atoms with van der Waals surface area (Å²) in [6.07, 6.45) is 5.48. The van der Waals surface area contributed by atoms with Crippen molar-refractivity contribution in [1.82, 2.24) is 20.9 Å². The summed E-state index contributed by atoms with van der Waals surface area (Å²) < 4.78 is 6.63. The van der Waals surface area contributed by atoms with Gasteiger partial charge in [0.1, 0.15) is 11.4 Å². The minimum Gasteiger partial charge on any atom is -0.435 e. The molecule has 2 fully saturated rings. The van der Waals surface area contributed by atoms with Gasteiger partial charge in [-0.15, -0.1) is 0 Å². The van der Waals surface area contributed by atoms with Gasteiger partial charge in [0.2, 0.25) is 0 Å². The second kappa shape index (κ2) is 9.46. The molecule has 3 N–H and O–H groups in total. The predicted octanol–water partition coefficient (Wildman–Crippen LogP) is 4.50. The molecular formula is C25H27BrN6O3. The summed E-state index contributed by atoms with van der Waals surface area (Å²) >= 11 is 3.55. The Kier molecular flexibility index (Phi) is 6.36. The average molecular weight is 539 g/mol. The lowest BCUT2D eigenvalue weighted by molar-refractivity contribution is 0.0154. The van der Waals surface area contributed by atoms with Gasteiger partial charge in [0, 0.05) is 27.7 Å². The molecule has 10 heteroatoms. The zero-order valence-corrected chi connectivity index (χ0v) is 21.0. The number of H-pyrrole nitrogens is 1. The molecule has 2 aliphatic carbocycles. The maximum atomic E-state index is 12.6. The highest BCUT2D eigenvalue weighted by atomic mass is 79.9. The van der Waals surface area contributed by atoms with Crippen molar-refractivity contribution in [3.05, 3.63) is 51.3 Å². The molecule has 1 spiro atoms. The number of nitriles is 1. The number of aromatic nitrogens is 2. The van der Waals surface area contributed by atoms with E-state index in [1.54, 1.807) is 12.1 Å². The number of hydrogen-bond acceptors (Lipinski definition) is 6. The van der Waals surface area contributed by atoms with E-state index in [0.717, 1.165) is 47.8 Å². The Morgan fingerprint density at radius 3 is 2.80 bits per heavy atom. The molecule has 2 amide bonds. The largest absolute Gasteiger partial charge is 0.435 e. The standard InChI is InChI=1S/C25H27BrN6O3/c1-14(28-23(33)21-12-20(29-30-21)17-3-4-17)10-15-6-8-25(9-7-15)22(31-32-24(34)35-25)18-11-16(13-27)2-5-19(18)26/h2,5,11-12,14-15,17H,3-4,6-10H2,1H3,(H,28,33)(H,29,30)(H,32,34)/t14-,15?,25?/m0/s1. The van der Waals surface area contributed by atoms with Gasteiger partial charge in [-0.25, -0.2) is 10.2 Å². The Morgan fingerprint density at radius 2 is 2.09 bits per heavy atom. The zero-order valence-electron chi connectivity index (χ0n) is 19.4. The first kappa shape index (κ1) is 23.5. The number of nitrogens with one attached hydrogen (secondary N) is 3. The monoisotopic (exact) mass is 538 g/mol. The van der Waals surface area contributed by atoms with Gasteiger partial charge in [-0.2, -0.15) is 15.5 Å².